The Morgan fingerprint density at radius 1 is 1.26 bits per heavy atom. The normalized spacial score (nSPS) is 11.7. The van der Waals surface area contributed by atoms with Gasteiger partial charge >= 0.3 is 5.97 Å². The first-order valence-corrected chi connectivity index (χ1v) is 5.71. The average molecular weight is 267 g/mol. The maximum absolute atomic E-state index is 11.7. The van der Waals surface area contributed by atoms with Gasteiger partial charge in [-0.25, -0.2) is 4.79 Å². The summed E-state index contributed by atoms with van der Waals surface area (Å²) in [4.78, 5) is 22.5. The number of nitrogens with one attached hydrogen (secondary N) is 1. The molecule has 0 saturated carbocycles. The molecule has 2 N–H and O–H groups in total. The summed E-state index contributed by atoms with van der Waals surface area (Å²) in [6.45, 7) is -0.0658. The molecule has 0 heterocycles. The Hall–Kier alpha value is -2.08. The van der Waals surface area contributed by atoms with Gasteiger partial charge in [0, 0.05) is 7.11 Å². The van der Waals surface area contributed by atoms with Crippen LogP contribution >= 0.6 is 0 Å². The first kappa shape index (κ1) is 15.0. The Kier molecular flexibility index (Phi) is 5.81. The molecule has 1 aromatic carbocycles. The minimum atomic E-state index is -1.12. The van der Waals surface area contributed by atoms with E-state index in [0.29, 0.717) is 5.75 Å². The van der Waals surface area contributed by atoms with Crippen LogP contribution in [-0.2, 0) is 20.7 Å². The molecule has 1 rings (SSSR count). The van der Waals surface area contributed by atoms with Gasteiger partial charge in [0.05, 0.1) is 20.1 Å². The van der Waals surface area contributed by atoms with E-state index in [-0.39, 0.29) is 18.9 Å². The van der Waals surface area contributed by atoms with Crippen molar-refractivity contribution in [3.05, 3.63) is 29.8 Å². The Labute approximate surface area is 111 Å². The van der Waals surface area contributed by atoms with Crippen LogP contribution in [-0.4, -0.2) is 43.9 Å². The number of carboxylic acids is 1. The van der Waals surface area contributed by atoms with Gasteiger partial charge in [0.15, 0.2) is 6.04 Å². The standard InChI is InChI=1S/C13H17NO5/c1-18-8-11(13(16)17)14-12(15)7-9-3-5-10(19-2)6-4-9/h3-6,11H,7-8H2,1-2H3,(H,14,15)(H,16,17). The van der Waals surface area contributed by atoms with Gasteiger partial charge in [-0.05, 0) is 17.7 Å². The fraction of sp³-hybridized carbons (Fsp3) is 0.385. The first-order chi connectivity index (χ1) is 9.06. The predicted molar refractivity (Wildman–Crippen MR) is 68.1 cm³/mol. The Morgan fingerprint density at radius 2 is 1.89 bits per heavy atom. The molecule has 0 spiro atoms. The molecule has 6 heteroatoms. The molecule has 0 aliphatic heterocycles. The average Bonchev–Trinajstić information content (AvgIpc) is 2.39. The molecule has 104 valence electrons. The number of aliphatic carboxylic acids is 1. The summed E-state index contributed by atoms with van der Waals surface area (Å²) in [6.07, 6.45) is 0.109. The number of methoxy groups -OCH3 is 2. The van der Waals surface area contributed by atoms with E-state index >= 15 is 0 Å². The summed E-state index contributed by atoms with van der Waals surface area (Å²) in [7, 11) is 2.94. The van der Waals surface area contributed by atoms with E-state index in [1.54, 1.807) is 31.4 Å². The number of ether oxygens (including phenoxy) is 2. The second-order valence-corrected chi connectivity index (χ2v) is 3.94. The third-order valence-electron chi connectivity index (χ3n) is 2.49. The molecule has 19 heavy (non-hydrogen) atoms. The summed E-state index contributed by atoms with van der Waals surface area (Å²) in [5.41, 5.74) is 0.778. The van der Waals surface area contributed by atoms with Gasteiger partial charge in [-0.2, -0.15) is 0 Å². The molecule has 1 amide bonds. The minimum absolute atomic E-state index is 0.0658. The van der Waals surface area contributed by atoms with Crippen molar-refractivity contribution < 1.29 is 24.2 Å². The number of hydrogen-bond acceptors (Lipinski definition) is 4. The number of carbonyl (C=O) groups excluding carboxylic acids is 1. The number of rotatable bonds is 7. The monoisotopic (exact) mass is 267 g/mol. The van der Waals surface area contributed by atoms with Crippen molar-refractivity contribution in [1.82, 2.24) is 5.32 Å². The zero-order valence-corrected chi connectivity index (χ0v) is 10.9. The highest BCUT2D eigenvalue weighted by Gasteiger charge is 2.19. The lowest BCUT2D eigenvalue weighted by atomic mass is 10.1. The van der Waals surface area contributed by atoms with E-state index < -0.39 is 12.0 Å². The first-order valence-electron chi connectivity index (χ1n) is 5.71. The van der Waals surface area contributed by atoms with Crippen LogP contribution in [0.4, 0.5) is 0 Å². The van der Waals surface area contributed by atoms with E-state index in [0.717, 1.165) is 5.56 Å². The fourth-order valence-corrected chi connectivity index (χ4v) is 1.52. The van der Waals surface area contributed by atoms with Crippen molar-refractivity contribution in [3.63, 3.8) is 0 Å². The van der Waals surface area contributed by atoms with Crippen LogP contribution in [0, 0.1) is 0 Å². The second kappa shape index (κ2) is 7.38. The number of amides is 1. The van der Waals surface area contributed by atoms with Gasteiger partial charge in [-0.3, -0.25) is 4.79 Å². The molecule has 1 atom stereocenters. The highest BCUT2D eigenvalue weighted by molar-refractivity contribution is 5.84. The minimum Gasteiger partial charge on any atom is -0.497 e. The Morgan fingerprint density at radius 3 is 2.37 bits per heavy atom. The van der Waals surface area contributed by atoms with Crippen molar-refractivity contribution in [2.45, 2.75) is 12.5 Å². The van der Waals surface area contributed by atoms with Crippen molar-refractivity contribution in [2.24, 2.45) is 0 Å². The SMILES string of the molecule is COCC(NC(=O)Cc1ccc(OC)cc1)C(=O)O. The van der Waals surface area contributed by atoms with Gasteiger partial charge in [0.1, 0.15) is 5.75 Å². The number of hydrogen-bond donors (Lipinski definition) is 2. The zero-order valence-electron chi connectivity index (χ0n) is 10.9. The number of benzene rings is 1. The fourth-order valence-electron chi connectivity index (χ4n) is 1.52. The van der Waals surface area contributed by atoms with Crippen LogP contribution in [0.3, 0.4) is 0 Å². The summed E-state index contributed by atoms with van der Waals surface area (Å²) in [5.74, 6) is -0.786. The Balaban J connectivity index is 2.55. The molecule has 1 unspecified atom stereocenters. The summed E-state index contributed by atoms with van der Waals surface area (Å²) in [6, 6.07) is 5.96. The van der Waals surface area contributed by atoms with Gasteiger partial charge in [-0.1, -0.05) is 12.1 Å². The molecule has 0 radical (unpaired) electrons. The van der Waals surface area contributed by atoms with Crippen molar-refractivity contribution >= 4 is 11.9 Å². The van der Waals surface area contributed by atoms with Crippen LogP contribution in [0.5, 0.6) is 5.75 Å². The highest BCUT2D eigenvalue weighted by atomic mass is 16.5. The maximum atomic E-state index is 11.7. The smallest absolute Gasteiger partial charge is 0.328 e. The highest BCUT2D eigenvalue weighted by Crippen LogP contribution is 2.11. The zero-order chi connectivity index (χ0) is 14.3. The van der Waals surface area contributed by atoms with Crippen molar-refractivity contribution in [3.8, 4) is 5.75 Å². The van der Waals surface area contributed by atoms with E-state index in [1.807, 2.05) is 0 Å². The molecular weight excluding hydrogens is 250 g/mol. The molecule has 0 aliphatic rings. The van der Waals surface area contributed by atoms with Crippen LogP contribution < -0.4 is 10.1 Å². The third-order valence-corrected chi connectivity index (χ3v) is 2.49. The Bertz CT molecular complexity index is 429. The molecular formula is C13H17NO5. The lowest BCUT2D eigenvalue weighted by molar-refractivity contribution is -0.143. The third kappa shape index (κ3) is 4.97. The van der Waals surface area contributed by atoms with Crippen molar-refractivity contribution in [1.29, 1.82) is 0 Å². The number of carbonyl (C=O) groups is 2. The quantitative estimate of drug-likeness (QED) is 0.749. The second-order valence-electron chi connectivity index (χ2n) is 3.94. The summed E-state index contributed by atoms with van der Waals surface area (Å²) in [5, 5.41) is 11.3. The van der Waals surface area contributed by atoms with Gasteiger partial charge in [-0.15, -0.1) is 0 Å². The molecule has 0 bridgehead atoms. The lowest BCUT2D eigenvalue weighted by Crippen LogP contribution is -2.44. The number of carboxylic acid groups (broad SMARTS) is 1. The molecule has 6 nitrogen and oxygen atoms in total. The van der Waals surface area contributed by atoms with Crippen LogP contribution in [0.2, 0.25) is 0 Å². The van der Waals surface area contributed by atoms with E-state index in [1.165, 1.54) is 7.11 Å². The topological polar surface area (TPSA) is 84.9 Å². The maximum Gasteiger partial charge on any atom is 0.328 e. The summed E-state index contributed by atoms with van der Waals surface area (Å²) < 4.78 is 9.74. The van der Waals surface area contributed by atoms with Gasteiger partial charge < -0.3 is 19.9 Å². The molecule has 0 aromatic heterocycles. The van der Waals surface area contributed by atoms with Gasteiger partial charge in [0.25, 0.3) is 0 Å². The van der Waals surface area contributed by atoms with E-state index in [9.17, 15) is 9.59 Å². The van der Waals surface area contributed by atoms with Crippen LogP contribution in [0.15, 0.2) is 24.3 Å². The van der Waals surface area contributed by atoms with Crippen LogP contribution in [0.25, 0.3) is 0 Å². The van der Waals surface area contributed by atoms with Crippen molar-refractivity contribution in [2.75, 3.05) is 20.8 Å². The lowest BCUT2D eigenvalue weighted by Gasteiger charge is -2.13. The van der Waals surface area contributed by atoms with Crippen LogP contribution in [0.1, 0.15) is 5.56 Å². The van der Waals surface area contributed by atoms with E-state index in [2.05, 4.69) is 5.32 Å². The summed E-state index contributed by atoms with van der Waals surface area (Å²) >= 11 is 0. The van der Waals surface area contributed by atoms with Gasteiger partial charge in [0.2, 0.25) is 5.91 Å². The molecule has 0 saturated heterocycles. The molecule has 0 aliphatic carbocycles. The van der Waals surface area contributed by atoms with E-state index in [4.69, 9.17) is 14.6 Å². The molecule has 0 fully saturated rings. The molecule has 1 aromatic rings. The predicted octanol–water partition coefficient (Wildman–Crippen LogP) is 0.453. The largest absolute Gasteiger partial charge is 0.497 e.